The Morgan fingerprint density at radius 3 is 2.33 bits per heavy atom. The van der Waals surface area contributed by atoms with E-state index in [9.17, 15) is 0 Å². The van der Waals surface area contributed by atoms with Crippen LogP contribution >= 0.6 is 0 Å². The quantitative estimate of drug-likeness (QED) is 0.732. The number of ether oxygens (including phenoxy) is 1. The molecule has 1 rings (SSSR count). The van der Waals surface area contributed by atoms with E-state index >= 15 is 0 Å². The number of rotatable bonds is 6. The van der Waals surface area contributed by atoms with Gasteiger partial charge in [-0.25, -0.2) is 0 Å². The fourth-order valence-electron chi connectivity index (χ4n) is 2.42. The van der Waals surface area contributed by atoms with E-state index in [2.05, 4.69) is 26.2 Å². The highest BCUT2D eigenvalue weighted by Gasteiger charge is 2.22. The van der Waals surface area contributed by atoms with Crippen LogP contribution < -0.4 is 5.32 Å². The van der Waals surface area contributed by atoms with Gasteiger partial charge in [-0.05, 0) is 31.7 Å². The molecule has 1 unspecified atom stereocenters. The van der Waals surface area contributed by atoms with E-state index in [1.165, 1.54) is 32.1 Å². The standard InChI is InChI=1S/C13H27NO/c1-11(2)9-15-10-13(14-3)12-7-5-4-6-8-12/h11-14H,4-10H2,1-3H3. The van der Waals surface area contributed by atoms with Gasteiger partial charge < -0.3 is 10.1 Å². The zero-order chi connectivity index (χ0) is 11.1. The molecule has 0 aliphatic heterocycles. The lowest BCUT2D eigenvalue weighted by Gasteiger charge is -2.30. The fourth-order valence-corrected chi connectivity index (χ4v) is 2.42. The van der Waals surface area contributed by atoms with Crippen LogP contribution in [0.25, 0.3) is 0 Å². The molecule has 0 heterocycles. The van der Waals surface area contributed by atoms with Crippen LogP contribution in [0, 0.1) is 11.8 Å². The molecule has 1 aliphatic rings. The van der Waals surface area contributed by atoms with Crippen molar-refractivity contribution >= 4 is 0 Å². The first-order valence-corrected chi connectivity index (χ1v) is 6.49. The third kappa shape index (κ3) is 4.98. The van der Waals surface area contributed by atoms with Crippen molar-refractivity contribution in [2.24, 2.45) is 11.8 Å². The molecule has 1 aliphatic carbocycles. The molecule has 0 aromatic rings. The predicted molar refractivity (Wildman–Crippen MR) is 65.1 cm³/mol. The second kappa shape index (κ2) is 7.24. The van der Waals surface area contributed by atoms with Crippen molar-refractivity contribution < 1.29 is 4.74 Å². The monoisotopic (exact) mass is 213 g/mol. The molecule has 1 fully saturated rings. The lowest BCUT2D eigenvalue weighted by Crippen LogP contribution is -2.39. The zero-order valence-electron chi connectivity index (χ0n) is 10.6. The lowest BCUT2D eigenvalue weighted by molar-refractivity contribution is 0.0704. The van der Waals surface area contributed by atoms with Crippen LogP contribution in [0.3, 0.4) is 0 Å². The summed E-state index contributed by atoms with van der Waals surface area (Å²) >= 11 is 0. The Morgan fingerprint density at radius 1 is 1.13 bits per heavy atom. The largest absolute Gasteiger partial charge is 0.380 e. The summed E-state index contributed by atoms with van der Waals surface area (Å²) in [6.45, 7) is 6.19. The van der Waals surface area contributed by atoms with E-state index in [0.717, 1.165) is 19.1 Å². The minimum absolute atomic E-state index is 0.573. The molecule has 0 bridgehead atoms. The summed E-state index contributed by atoms with van der Waals surface area (Å²) in [6.07, 6.45) is 7.02. The Labute approximate surface area is 94.8 Å². The summed E-state index contributed by atoms with van der Waals surface area (Å²) < 4.78 is 5.74. The van der Waals surface area contributed by atoms with E-state index in [4.69, 9.17) is 4.74 Å². The highest BCUT2D eigenvalue weighted by atomic mass is 16.5. The minimum atomic E-state index is 0.573. The molecule has 1 atom stereocenters. The van der Waals surface area contributed by atoms with Crippen LogP contribution in [0.5, 0.6) is 0 Å². The van der Waals surface area contributed by atoms with Gasteiger partial charge >= 0.3 is 0 Å². The fraction of sp³-hybridized carbons (Fsp3) is 1.00. The summed E-state index contributed by atoms with van der Waals surface area (Å²) in [4.78, 5) is 0. The third-order valence-electron chi connectivity index (χ3n) is 3.34. The Hall–Kier alpha value is -0.0800. The summed E-state index contributed by atoms with van der Waals surface area (Å²) in [5, 5.41) is 3.42. The van der Waals surface area contributed by atoms with Crippen LogP contribution in [0.1, 0.15) is 46.0 Å². The van der Waals surface area contributed by atoms with Crippen LogP contribution in [-0.4, -0.2) is 26.3 Å². The van der Waals surface area contributed by atoms with Crippen LogP contribution in [0.2, 0.25) is 0 Å². The van der Waals surface area contributed by atoms with Crippen molar-refractivity contribution in [2.45, 2.75) is 52.0 Å². The SMILES string of the molecule is CNC(COCC(C)C)C1CCCCC1. The topological polar surface area (TPSA) is 21.3 Å². The summed E-state index contributed by atoms with van der Waals surface area (Å²) in [5.41, 5.74) is 0. The molecule has 0 aromatic heterocycles. The molecule has 0 saturated heterocycles. The van der Waals surface area contributed by atoms with Gasteiger partial charge in [0.05, 0.1) is 6.61 Å². The maximum atomic E-state index is 5.74. The molecular formula is C13H27NO. The Morgan fingerprint density at radius 2 is 1.80 bits per heavy atom. The van der Waals surface area contributed by atoms with Gasteiger partial charge in [-0.3, -0.25) is 0 Å². The van der Waals surface area contributed by atoms with E-state index in [-0.39, 0.29) is 0 Å². The maximum absolute atomic E-state index is 5.74. The van der Waals surface area contributed by atoms with Crippen LogP contribution in [0.4, 0.5) is 0 Å². The summed E-state index contributed by atoms with van der Waals surface area (Å²) in [7, 11) is 2.07. The van der Waals surface area contributed by atoms with E-state index in [0.29, 0.717) is 12.0 Å². The van der Waals surface area contributed by atoms with Gasteiger partial charge in [0.2, 0.25) is 0 Å². The molecule has 1 saturated carbocycles. The van der Waals surface area contributed by atoms with Crippen molar-refractivity contribution in [3.05, 3.63) is 0 Å². The van der Waals surface area contributed by atoms with Gasteiger partial charge in [0, 0.05) is 12.6 Å². The molecule has 15 heavy (non-hydrogen) atoms. The lowest BCUT2D eigenvalue weighted by atomic mass is 9.84. The predicted octanol–water partition coefficient (Wildman–Crippen LogP) is 2.83. The molecule has 90 valence electrons. The molecule has 0 spiro atoms. The second-order valence-electron chi connectivity index (χ2n) is 5.22. The number of hydrogen-bond acceptors (Lipinski definition) is 2. The summed E-state index contributed by atoms with van der Waals surface area (Å²) in [5.74, 6) is 1.49. The zero-order valence-corrected chi connectivity index (χ0v) is 10.6. The van der Waals surface area contributed by atoms with Crippen LogP contribution in [0.15, 0.2) is 0 Å². The van der Waals surface area contributed by atoms with Crippen molar-refractivity contribution in [3.8, 4) is 0 Å². The first-order chi connectivity index (χ1) is 7.24. The van der Waals surface area contributed by atoms with Gasteiger partial charge in [0.1, 0.15) is 0 Å². The Bertz CT molecular complexity index is 153. The normalized spacial score (nSPS) is 20.8. The van der Waals surface area contributed by atoms with Gasteiger partial charge in [-0.15, -0.1) is 0 Å². The molecule has 0 radical (unpaired) electrons. The van der Waals surface area contributed by atoms with E-state index in [1.807, 2.05) is 0 Å². The minimum Gasteiger partial charge on any atom is -0.380 e. The highest BCUT2D eigenvalue weighted by Crippen LogP contribution is 2.26. The first kappa shape index (κ1) is 13.0. The molecule has 2 nitrogen and oxygen atoms in total. The average molecular weight is 213 g/mol. The molecule has 0 aromatic carbocycles. The van der Waals surface area contributed by atoms with Crippen molar-refractivity contribution in [2.75, 3.05) is 20.3 Å². The highest BCUT2D eigenvalue weighted by molar-refractivity contribution is 4.78. The maximum Gasteiger partial charge on any atom is 0.0622 e. The van der Waals surface area contributed by atoms with Gasteiger partial charge in [-0.2, -0.15) is 0 Å². The van der Waals surface area contributed by atoms with E-state index < -0.39 is 0 Å². The molecule has 0 amide bonds. The summed E-state index contributed by atoms with van der Waals surface area (Å²) in [6, 6.07) is 0.573. The first-order valence-electron chi connectivity index (χ1n) is 6.49. The van der Waals surface area contributed by atoms with Crippen molar-refractivity contribution in [1.82, 2.24) is 5.32 Å². The van der Waals surface area contributed by atoms with Gasteiger partial charge in [0.25, 0.3) is 0 Å². The second-order valence-corrected chi connectivity index (χ2v) is 5.22. The van der Waals surface area contributed by atoms with E-state index in [1.54, 1.807) is 0 Å². The third-order valence-corrected chi connectivity index (χ3v) is 3.34. The Balaban J connectivity index is 2.21. The average Bonchev–Trinajstić information content (AvgIpc) is 2.25. The number of nitrogens with one attached hydrogen (secondary N) is 1. The van der Waals surface area contributed by atoms with Crippen molar-refractivity contribution in [3.63, 3.8) is 0 Å². The number of hydrogen-bond donors (Lipinski definition) is 1. The van der Waals surface area contributed by atoms with Crippen molar-refractivity contribution in [1.29, 1.82) is 0 Å². The molecular weight excluding hydrogens is 186 g/mol. The molecule has 1 N–H and O–H groups in total. The van der Waals surface area contributed by atoms with Gasteiger partial charge in [0.15, 0.2) is 0 Å². The smallest absolute Gasteiger partial charge is 0.0622 e. The van der Waals surface area contributed by atoms with Gasteiger partial charge in [-0.1, -0.05) is 33.1 Å². The van der Waals surface area contributed by atoms with Crippen LogP contribution in [-0.2, 0) is 4.74 Å². The Kier molecular flexibility index (Phi) is 6.26. The number of likely N-dealkylation sites (N-methyl/N-ethyl adjacent to an activating group) is 1. The molecule has 2 heteroatoms.